The first-order valence-electron chi connectivity index (χ1n) is 6.31. The molecule has 1 unspecified atom stereocenters. The van der Waals surface area contributed by atoms with Crippen LogP contribution in [0.1, 0.15) is 11.1 Å². The van der Waals surface area contributed by atoms with Crippen molar-refractivity contribution in [3.05, 3.63) is 64.1 Å². The lowest BCUT2D eigenvalue weighted by molar-refractivity contribution is -0.159. The average Bonchev–Trinajstić information content (AvgIpc) is 2.49. The SMILES string of the molecule is COc1cc(Br)ccc1CC(O)(C(=O)O)c1ccccc1. The lowest BCUT2D eigenvalue weighted by Crippen LogP contribution is -2.38. The molecule has 0 aliphatic rings. The van der Waals surface area contributed by atoms with Crippen molar-refractivity contribution in [1.29, 1.82) is 0 Å². The number of aliphatic carboxylic acids is 1. The first-order valence-corrected chi connectivity index (χ1v) is 7.10. The van der Waals surface area contributed by atoms with Gasteiger partial charge in [-0.3, -0.25) is 0 Å². The molecule has 4 nitrogen and oxygen atoms in total. The summed E-state index contributed by atoms with van der Waals surface area (Å²) in [4.78, 5) is 11.6. The molecule has 0 aliphatic carbocycles. The Morgan fingerprint density at radius 1 is 1.24 bits per heavy atom. The van der Waals surface area contributed by atoms with Gasteiger partial charge >= 0.3 is 5.97 Å². The van der Waals surface area contributed by atoms with Crippen molar-refractivity contribution in [2.45, 2.75) is 12.0 Å². The summed E-state index contributed by atoms with van der Waals surface area (Å²) in [6.07, 6.45) is -0.0806. The van der Waals surface area contributed by atoms with Gasteiger partial charge in [0, 0.05) is 10.9 Å². The zero-order chi connectivity index (χ0) is 15.5. The molecule has 21 heavy (non-hydrogen) atoms. The van der Waals surface area contributed by atoms with Crippen molar-refractivity contribution in [3.63, 3.8) is 0 Å². The lowest BCUT2D eigenvalue weighted by atomic mass is 9.87. The van der Waals surface area contributed by atoms with E-state index in [1.807, 2.05) is 0 Å². The number of hydrogen-bond donors (Lipinski definition) is 2. The average molecular weight is 351 g/mol. The Kier molecular flexibility index (Phi) is 4.65. The third-order valence-electron chi connectivity index (χ3n) is 3.30. The summed E-state index contributed by atoms with van der Waals surface area (Å²) >= 11 is 3.33. The fraction of sp³-hybridized carbons (Fsp3) is 0.188. The number of carboxylic acid groups (broad SMARTS) is 1. The predicted octanol–water partition coefficient (Wildman–Crippen LogP) is 2.97. The second-order valence-electron chi connectivity index (χ2n) is 4.66. The van der Waals surface area contributed by atoms with Crippen LogP contribution in [0.5, 0.6) is 5.75 Å². The Morgan fingerprint density at radius 3 is 2.48 bits per heavy atom. The number of hydrogen-bond acceptors (Lipinski definition) is 3. The van der Waals surface area contributed by atoms with E-state index >= 15 is 0 Å². The minimum atomic E-state index is -2.00. The van der Waals surface area contributed by atoms with Crippen molar-refractivity contribution >= 4 is 21.9 Å². The van der Waals surface area contributed by atoms with Crippen LogP contribution in [0.3, 0.4) is 0 Å². The minimum Gasteiger partial charge on any atom is -0.496 e. The quantitative estimate of drug-likeness (QED) is 0.869. The number of methoxy groups -OCH3 is 1. The highest BCUT2D eigenvalue weighted by atomic mass is 79.9. The second kappa shape index (κ2) is 6.28. The Balaban J connectivity index is 2.44. The molecule has 0 bridgehead atoms. The summed E-state index contributed by atoms with van der Waals surface area (Å²) in [7, 11) is 1.51. The van der Waals surface area contributed by atoms with E-state index in [9.17, 15) is 15.0 Å². The third-order valence-corrected chi connectivity index (χ3v) is 3.79. The van der Waals surface area contributed by atoms with Crippen LogP contribution in [0.4, 0.5) is 0 Å². The zero-order valence-electron chi connectivity index (χ0n) is 11.4. The number of carbonyl (C=O) groups is 1. The number of rotatable bonds is 5. The number of halogens is 1. The molecule has 0 saturated heterocycles. The van der Waals surface area contributed by atoms with E-state index in [4.69, 9.17) is 4.74 Å². The molecular formula is C16H15BrO4. The van der Waals surface area contributed by atoms with Crippen LogP contribution in [-0.2, 0) is 16.8 Å². The Hall–Kier alpha value is -1.85. The molecule has 110 valence electrons. The molecule has 0 heterocycles. The van der Waals surface area contributed by atoms with E-state index in [2.05, 4.69) is 15.9 Å². The Labute approximate surface area is 131 Å². The normalized spacial score (nSPS) is 13.5. The van der Waals surface area contributed by atoms with E-state index in [0.717, 1.165) is 4.47 Å². The van der Waals surface area contributed by atoms with Crippen LogP contribution in [-0.4, -0.2) is 23.3 Å². The van der Waals surface area contributed by atoms with Gasteiger partial charge < -0.3 is 14.9 Å². The van der Waals surface area contributed by atoms with E-state index in [1.165, 1.54) is 7.11 Å². The van der Waals surface area contributed by atoms with Gasteiger partial charge in [-0.1, -0.05) is 52.3 Å². The molecule has 0 amide bonds. The molecule has 0 spiro atoms. The van der Waals surface area contributed by atoms with E-state index in [1.54, 1.807) is 48.5 Å². The highest BCUT2D eigenvalue weighted by molar-refractivity contribution is 9.10. The maximum absolute atomic E-state index is 11.6. The number of aliphatic hydroxyl groups is 1. The molecule has 5 heteroatoms. The van der Waals surface area contributed by atoms with Gasteiger partial charge in [0.25, 0.3) is 0 Å². The topological polar surface area (TPSA) is 66.8 Å². The largest absolute Gasteiger partial charge is 0.496 e. The minimum absolute atomic E-state index is 0.0806. The Bertz CT molecular complexity index is 642. The molecule has 0 aliphatic heterocycles. The highest BCUT2D eigenvalue weighted by Gasteiger charge is 2.38. The molecule has 2 N–H and O–H groups in total. The summed E-state index contributed by atoms with van der Waals surface area (Å²) in [5, 5.41) is 20.1. The zero-order valence-corrected chi connectivity index (χ0v) is 13.0. The molecule has 0 saturated carbocycles. The smallest absolute Gasteiger partial charge is 0.340 e. The fourth-order valence-electron chi connectivity index (χ4n) is 2.16. The van der Waals surface area contributed by atoms with Crippen LogP contribution in [0.25, 0.3) is 0 Å². The third kappa shape index (κ3) is 3.25. The van der Waals surface area contributed by atoms with Crippen LogP contribution in [0.15, 0.2) is 53.0 Å². The molecule has 0 aromatic heterocycles. The highest BCUT2D eigenvalue weighted by Crippen LogP contribution is 2.32. The van der Waals surface area contributed by atoms with Crippen molar-refractivity contribution in [3.8, 4) is 5.75 Å². The van der Waals surface area contributed by atoms with Gasteiger partial charge in [0.05, 0.1) is 7.11 Å². The van der Waals surface area contributed by atoms with Crippen molar-refractivity contribution in [1.82, 2.24) is 0 Å². The van der Waals surface area contributed by atoms with Crippen molar-refractivity contribution < 1.29 is 19.7 Å². The lowest BCUT2D eigenvalue weighted by Gasteiger charge is -2.25. The van der Waals surface area contributed by atoms with Gasteiger partial charge in [-0.15, -0.1) is 0 Å². The van der Waals surface area contributed by atoms with Crippen LogP contribution in [0.2, 0.25) is 0 Å². The molecule has 2 aromatic carbocycles. The van der Waals surface area contributed by atoms with Crippen LogP contribution >= 0.6 is 15.9 Å². The molecule has 2 rings (SSSR count). The summed E-state index contributed by atoms with van der Waals surface area (Å²) in [5.74, 6) is -0.765. The predicted molar refractivity (Wildman–Crippen MR) is 82.4 cm³/mol. The van der Waals surface area contributed by atoms with Crippen molar-refractivity contribution in [2.24, 2.45) is 0 Å². The van der Waals surface area contributed by atoms with Crippen LogP contribution < -0.4 is 4.74 Å². The van der Waals surface area contributed by atoms with Gasteiger partial charge in [0.2, 0.25) is 0 Å². The molecule has 0 radical (unpaired) electrons. The van der Waals surface area contributed by atoms with E-state index < -0.39 is 11.6 Å². The first-order chi connectivity index (χ1) is 9.97. The number of benzene rings is 2. The van der Waals surface area contributed by atoms with E-state index in [-0.39, 0.29) is 6.42 Å². The Morgan fingerprint density at radius 2 is 1.90 bits per heavy atom. The van der Waals surface area contributed by atoms with Gasteiger partial charge in [0.15, 0.2) is 5.60 Å². The summed E-state index contributed by atoms with van der Waals surface area (Å²) < 4.78 is 6.07. The maximum atomic E-state index is 11.6. The van der Waals surface area contributed by atoms with Gasteiger partial charge in [-0.25, -0.2) is 4.79 Å². The second-order valence-corrected chi connectivity index (χ2v) is 5.58. The van der Waals surface area contributed by atoms with Crippen molar-refractivity contribution in [2.75, 3.05) is 7.11 Å². The molecule has 2 aromatic rings. The van der Waals surface area contributed by atoms with Crippen LogP contribution in [0, 0.1) is 0 Å². The first kappa shape index (κ1) is 15.5. The molecule has 0 fully saturated rings. The maximum Gasteiger partial charge on any atom is 0.340 e. The summed E-state index contributed by atoms with van der Waals surface area (Å²) in [5.41, 5.74) is -1.04. The molecular weight excluding hydrogens is 336 g/mol. The van der Waals surface area contributed by atoms with Gasteiger partial charge in [-0.05, 0) is 23.3 Å². The van der Waals surface area contributed by atoms with E-state index in [0.29, 0.717) is 16.9 Å². The van der Waals surface area contributed by atoms with Gasteiger partial charge in [-0.2, -0.15) is 0 Å². The number of carboxylic acids is 1. The number of ether oxygens (including phenoxy) is 1. The summed E-state index contributed by atoms with van der Waals surface area (Å²) in [6.45, 7) is 0. The standard InChI is InChI=1S/C16H15BrO4/c1-21-14-9-13(17)8-7-11(14)10-16(20,15(18)19)12-5-3-2-4-6-12/h2-9,20H,10H2,1H3,(H,18,19). The summed E-state index contributed by atoms with van der Waals surface area (Å²) in [6, 6.07) is 13.6. The van der Waals surface area contributed by atoms with Gasteiger partial charge in [0.1, 0.15) is 5.75 Å². The monoisotopic (exact) mass is 350 g/mol. The fourth-order valence-corrected chi connectivity index (χ4v) is 2.50. The molecule has 1 atom stereocenters.